The summed E-state index contributed by atoms with van der Waals surface area (Å²) in [5, 5.41) is 3.00. The maximum atomic E-state index is 12.8. The minimum Gasteiger partial charge on any atom is -0.325 e. The Kier molecular flexibility index (Phi) is 6.11. The van der Waals surface area contributed by atoms with Gasteiger partial charge in [-0.15, -0.1) is 11.8 Å². The van der Waals surface area contributed by atoms with Crippen molar-refractivity contribution in [3.8, 4) is 0 Å². The molecule has 1 aromatic carbocycles. The summed E-state index contributed by atoms with van der Waals surface area (Å²) in [5.41, 5.74) is 0.594. The van der Waals surface area contributed by atoms with Crippen LogP contribution in [0.1, 0.15) is 40.0 Å². The highest BCUT2D eigenvalue weighted by Crippen LogP contribution is 2.36. The molecule has 23 heavy (non-hydrogen) atoms. The van der Waals surface area contributed by atoms with Crippen LogP contribution in [0.15, 0.2) is 28.0 Å². The van der Waals surface area contributed by atoms with Crippen LogP contribution in [0.25, 0.3) is 0 Å². The first kappa shape index (κ1) is 18.3. The van der Waals surface area contributed by atoms with E-state index in [1.807, 2.05) is 20.8 Å². The molecule has 0 radical (unpaired) electrons. The van der Waals surface area contributed by atoms with Gasteiger partial charge in [-0.25, -0.2) is 8.42 Å². The Morgan fingerprint density at radius 2 is 2.09 bits per heavy atom. The molecule has 1 aliphatic heterocycles. The third kappa shape index (κ3) is 4.28. The molecular formula is C16H24N2O3S2. The molecule has 2 rings (SSSR count). The smallest absolute Gasteiger partial charge is 0.243 e. The fourth-order valence-corrected chi connectivity index (χ4v) is 5.09. The number of carbonyl (C=O) groups is 1. The number of amides is 1. The van der Waals surface area contributed by atoms with Crippen molar-refractivity contribution < 1.29 is 13.2 Å². The standard InChI is InChI=1S/C16H24N2O3S2/c1-4-6-9-18(5-2)23(20,21)13-7-8-15-14(11-13)17-16(19)10-12(3)22-15/h7-8,11-12H,4-6,9-10H2,1-3H3,(H,17,19)/t12-/m0/s1. The molecule has 0 fully saturated rings. The molecule has 0 saturated carbocycles. The van der Waals surface area contributed by atoms with Crippen LogP contribution in [-0.2, 0) is 14.8 Å². The van der Waals surface area contributed by atoms with Crippen molar-refractivity contribution in [3.05, 3.63) is 18.2 Å². The Bertz CT molecular complexity index is 674. The molecule has 0 unspecified atom stereocenters. The van der Waals surface area contributed by atoms with Gasteiger partial charge in [0.15, 0.2) is 0 Å². The van der Waals surface area contributed by atoms with Crippen LogP contribution >= 0.6 is 11.8 Å². The van der Waals surface area contributed by atoms with Crippen molar-refractivity contribution in [2.45, 2.75) is 55.1 Å². The predicted octanol–water partition coefficient (Wildman–Crippen LogP) is 3.32. The second-order valence-electron chi connectivity index (χ2n) is 5.69. The second kappa shape index (κ2) is 7.68. The fraction of sp³-hybridized carbons (Fsp3) is 0.562. The van der Waals surface area contributed by atoms with Crippen LogP contribution in [0, 0.1) is 0 Å². The van der Waals surface area contributed by atoms with Crippen LogP contribution in [0.5, 0.6) is 0 Å². The normalized spacial score (nSPS) is 18.4. The lowest BCUT2D eigenvalue weighted by molar-refractivity contribution is -0.116. The minimum atomic E-state index is -3.53. The van der Waals surface area contributed by atoms with Gasteiger partial charge in [0.25, 0.3) is 0 Å². The lowest BCUT2D eigenvalue weighted by atomic mass is 10.3. The van der Waals surface area contributed by atoms with Gasteiger partial charge in [-0.3, -0.25) is 4.79 Å². The highest BCUT2D eigenvalue weighted by molar-refractivity contribution is 8.00. The summed E-state index contributed by atoms with van der Waals surface area (Å²) in [7, 11) is -3.53. The molecule has 1 aliphatic rings. The summed E-state index contributed by atoms with van der Waals surface area (Å²) in [6, 6.07) is 5.02. The summed E-state index contributed by atoms with van der Waals surface area (Å²) in [4.78, 5) is 13.0. The number of sulfonamides is 1. The highest BCUT2D eigenvalue weighted by Gasteiger charge is 2.25. The van der Waals surface area contributed by atoms with Gasteiger partial charge in [-0.2, -0.15) is 4.31 Å². The number of hydrogen-bond donors (Lipinski definition) is 1. The van der Waals surface area contributed by atoms with E-state index in [2.05, 4.69) is 5.32 Å². The van der Waals surface area contributed by atoms with Gasteiger partial charge in [0.2, 0.25) is 15.9 Å². The third-order valence-electron chi connectivity index (χ3n) is 3.78. The van der Waals surface area contributed by atoms with Gasteiger partial charge in [0, 0.05) is 29.7 Å². The van der Waals surface area contributed by atoms with E-state index < -0.39 is 10.0 Å². The van der Waals surface area contributed by atoms with Crippen molar-refractivity contribution in [2.24, 2.45) is 0 Å². The third-order valence-corrected chi connectivity index (χ3v) is 6.93. The molecule has 7 heteroatoms. The second-order valence-corrected chi connectivity index (χ2v) is 9.11. The van der Waals surface area contributed by atoms with E-state index in [9.17, 15) is 13.2 Å². The minimum absolute atomic E-state index is 0.0726. The SMILES string of the molecule is CCCCN(CC)S(=O)(=O)c1ccc2c(c1)NC(=O)C[C@H](C)S2. The zero-order chi connectivity index (χ0) is 17.0. The summed E-state index contributed by atoms with van der Waals surface area (Å²) in [6.45, 7) is 6.84. The van der Waals surface area contributed by atoms with E-state index in [4.69, 9.17) is 0 Å². The Morgan fingerprint density at radius 1 is 1.35 bits per heavy atom. The molecule has 1 amide bonds. The van der Waals surface area contributed by atoms with Crippen LogP contribution in [0.2, 0.25) is 0 Å². The fourth-order valence-electron chi connectivity index (χ4n) is 2.52. The zero-order valence-corrected chi connectivity index (χ0v) is 15.5. The van der Waals surface area contributed by atoms with Gasteiger partial charge in [0.1, 0.15) is 0 Å². The molecule has 0 saturated heterocycles. The molecule has 0 aromatic heterocycles. The van der Waals surface area contributed by atoms with Crippen LogP contribution < -0.4 is 5.32 Å². The Hall–Kier alpha value is -1.05. The van der Waals surface area contributed by atoms with Gasteiger partial charge in [-0.1, -0.05) is 27.2 Å². The number of rotatable bonds is 6. The van der Waals surface area contributed by atoms with Crippen LogP contribution in [0.3, 0.4) is 0 Å². The average Bonchev–Trinajstić information content (AvgIpc) is 2.63. The number of thioether (sulfide) groups is 1. The molecular weight excluding hydrogens is 332 g/mol. The summed E-state index contributed by atoms with van der Waals surface area (Å²) in [5.74, 6) is -0.0726. The quantitative estimate of drug-likeness (QED) is 0.849. The van der Waals surface area contributed by atoms with Crippen molar-refractivity contribution >= 4 is 33.4 Å². The maximum Gasteiger partial charge on any atom is 0.243 e. The first-order chi connectivity index (χ1) is 10.9. The molecule has 0 bridgehead atoms. The predicted molar refractivity (Wildman–Crippen MR) is 94.3 cm³/mol. The van der Waals surface area contributed by atoms with E-state index in [1.165, 1.54) is 4.31 Å². The van der Waals surface area contributed by atoms with E-state index >= 15 is 0 Å². The number of nitrogens with one attached hydrogen (secondary N) is 1. The topological polar surface area (TPSA) is 66.5 Å². The Balaban J connectivity index is 2.35. The zero-order valence-electron chi connectivity index (χ0n) is 13.8. The molecule has 128 valence electrons. The lowest BCUT2D eigenvalue weighted by Crippen LogP contribution is -2.31. The Labute approximate surface area is 142 Å². The molecule has 0 spiro atoms. The molecule has 1 aromatic rings. The molecule has 5 nitrogen and oxygen atoms in total. The van der Waals surface area contributed by atoms with Crippen LogP contribution in [0.4, 0.5) is 5.69 Å². The number of hydrogen-bond acceptors (Lipinski definition) is 4. The number of fused-ring (bicyclic) bond motifs is 1. The lowest BCUT2D eigenvalue weighted by Gasteiger charge is -2.21. The molecule has 1 atom stereocenters. The van der Waals surface area contributed by atoms with Gasteiger partial charge < -0.3 is 5.32 Å². The van der Waals surface area contributed by atoms with Crippen LogP contribution in [-0.4, -0.2) is 37.0 Å². The monoisotopic (exact) mass is 356 g/mol. The first-order valence-electron chi connectivity index (χ1n) is 7.99. The van der Waals surface area contributed by atoms with Gasteiger partial charge in [-0.05, 0) is 24.6 Å². The van der Waals surface area contributed by atoms with E-state index in [-0.39, 0.29) is 16.1 Å². The van der Waals surface area contributed by atoms with E-state index in [0.717, 1.165) is 17.7 Å². The summed E-state index contributed by atoms with van der Waals surface area (Å²) in [6.07, 6.45) is 2.21. The Morgan fingerprint density at radius 3 is 2.74 bits per heavy atom. The van der Waals surface area contributed by atoms with Crippen molar-refractivity contribution in [1.29, 1.82) is 0 Å². The summed E-state index contributed by atoms with van der Waals surface area (Å²) >= 11 is 1.59. The molecule has 1 N–H and O–H groups in total. The maximum absolute atomic E-state index is 12.8. The van der Waals surface area contributed by atoms with E-state index in [1.54, 1.807) is 30.0 Å². The molecule has 1 heterocycles. The highest BCUT2D eigenvalue weighted by atomic mass is 32.2. The number of nitrogens with zero attached hydrogens (tertiary/aromatic N) is 1. The van der Waals surface area contributed by atoms with Gasteiger partial charge in [0.05, 0.1) is 10.6 Å². The number of anilines is 1. The largest absolute Gasteiger partial charge is 0.325 e. The van der Waals surface area contributed by atoms with Crippen molar-refractivity contribution in [3.63, 3.8) is 0 Å². The van der Waals surface area contributed by atoms with Gasteiger partial charge >= 0.3 is 0 Å². The van der Waals surface area contributed by atoms with Crippen molar-refractivity contribution in [1.82, 2.24) is 4.31 Å². The molecule has 0 aliphatic carbocycles. The number of benzene rings is 1. The average molecular weight is 357 g/mol. The number of unbranched alkanes of at least 4 members (excludes halogenated alkanes) is 1. The van der Waals surface area contributed by atoms with E-state index in [0.29, 0.717) is 25.2 Å². The number of carbonyl (C=O) groups excluding carboxylic acids is 1. The first-order valence-corrected chi connectivity index (χ1v) is 10.3. The van der Waals surface area contributed by atoms with Crippen molar-refractivity contribution in [2.75, 3.05) is 18.4 Å². The summed E-state index contributed by atoms with van der Waals surface area (Å²) < 4.78 is 27.1.